The molecule has 0 atom stereocenters. The Morgan fingerprint density at radius 3 is 2.50 bits per heavy atom. The number of benzene rings is 1. The van der Waals surface area contributed by atoms with Crippen LogP contribution in [0.4, 0.5) is 11.4 Å². The Kier molecular flexibility index (Phi) is 7.01. The third kappa shape index (κ3) is 5.51. The van der Waals surface area contributed by atoms with Gasteiger partial charge >= 0.3 is 5.97 Å². The number of amides is 1. The van der Waals surface area contributed by atoms with E-state index in [9.17, 15) is 19.7 Å². The molecule has 0 bridgehead atoms. The van der Waals surface area contributed by atoms with Crippen LogP contribution in [0, 0.1) is 10.1 Å². The highest BCUT2D eigenvalue weighted by Gasteiger charge is 2.18. The zero-order chi connectivity index (χ0) is 16.5. The van der Waals surface area contributed by atoms with Crippen molar-refractivity contribution in [1.82, 2.24) is 0 Å². The molecule has 0 saturated carbocycles. The summed E-state index contributed by atoms with van der Waals surface area (Å²) in [6, 6.07) is 3.42. The minimum Gasteiger partial charge on any atom is -0.478 e. The van der Waals surface area contributed by atoms with Gasteiger partial charge in [-0.25, -0.2) is 4.79 Å². The van der Waals surface area contributed by atoms with Crippen LogP contribution in [-0.4, -0.2) is 21.9 Å². The number of hydrogen-bond donors (Lipinski definition) is 2. The van der Waals surface area contributed by atoms with Crippen molar-refractivity contribution in [2.75, 3.05) is 5.32 Å². The van der Waals surface area contributed by atoms with Crippen molar-refractivity contribution in [2.45, 2.75) is 45.4 Å². The second-order valence-corrected chi connectivity index (χ2v) is 5.01. The maximum absolute atomic E-state index is 11.8. The molecule has 0 spiro atoms. The van der Waals surface area contributed by atoms with Crippen molar-refractivity contribution in [3.8, 4) is 0 Å². The molecule has 1 amide bonds. The lowest BCUT2D eigenvalue weighted by Crippen LogP contribution is -2.13. The van der Waals surface area contributed by atoms with Crippen LogP contribution in [0.3, 0.4) is 0 Å². The van der Waals surface area contributed by atoms with Crippen LogP contribution in [0.2, 0.25) is 0 Å². The van der Waals surface area contributed by atoms with E-state index < -0.39 is 16.6 Å². The number of carbonyl (C=O) groups is 2. The summed E-state index contributed by atoms with van der Waals surface area (Å²) in [4.78, 5) is 32.9. The maximum atomic E-state index is 11.8. The molecule has 0 aromatic heterocycles. The number of carboxylic acids is 1. The van der Waals surface area contributed by atoms with Crippen LogP contribution in [0.25, 0.3) is 0 Å². The number of carboxylic acid groups (broad SMARTS) is 1. The number of nitrogens with one attached hydrogen (secondary N) is 1. The van der Waals surface area contributed by atoms with Crippen molar-refractivity contribution < 1.29 is 19.6 Å². The Hall–Kier alpha value is -2.44. The second kappa shape index (κ2) is 8.76. The van der Waals surface area contributed by atoms with Crippen molar-refractivity contribution in [1.29, 1.82) is 0 Å². The van der Waals surface area contributed by atoms with Crippen molar-refractivity contribution in [3.63, 3.8) is 0 Å². The van der Waals surface area contributed by atoms with Crippen LogP contribution < -0.4 is 5.32 Å². The van der Waals surface area contributed by atoms with Crippen molar-refractivity contribution >= 4 is 23.3 Å². The number of hydrogen-bond acceptors (Lipinski definition) is 4. The normalized spacial score (nSPS) is 10.2. The summed E-state index contributed by atoms with van der Waals surface area (Å²) in [5, 5.41) is 22.3. The number of carbonyl (C=O) groups excluding carboxylic acids is 1. The van der Waals surface area contributed by atoms with Gasteiger partial charge in [0.2, 0.25) is 5.91 Å². The van der Waals surface area contributed by atoms with Crippen molar-refractivity contribution in [2.24, 2.45) is 0 Å². The topological polar surface area (TPSA) is 110 Å². The third-order valence-corrected chi connectivity index (χ3v) is 3.22. The van der Waals surface area contributed by atoms with Gasteiger partial charge in [0.05, 0.1) is 10.5 Å². The summed E-state index contributed by atoms with van der Waals surface area (Å²) >= 11 is 0. The van der Waals surface area contributed by atoms with E-state index in [0.717, 1.165) is 38.2 Å². The van der Waals surface area contributed by atoms with Gasteiger partial charge in [0.25, 0.3) is 5.69 Å². The predicted octanol–water partition coefficient (Wildman–Crippen LogP) is 3.59. The fourth-order valence-electron chi connectivity index (χ4n) is 2.02. The van der Waals surface area contributed by atoms with Gasteiger partial charge < -0.3 is 10.4 Å². The highest BCUT2D eigenvalue weighted by Crippen LogP contribution is 2.26. The molecule has 7 heteroatoms. The monoisotopic (exact) mass is 308 g/mol. The minimum absolute atomic E-state index is 0.0218. The Bertz CT molecular complexity index is 557. The van der Waals surface area contributed by atoms with E-state index in [-0.39, 0.29) is 17.2 Å². The van der Waals surface area contributed by atoms with Gasteiger partial charge in [0, 0.05) is 12.5 Å². The van der Waals surface area contributed by atoms with Gasteiger partial charge in [-0.1, -0.05) is 32.6 Å². The lowest BCUT2D eigenvalue weighted by molar-refractivity contribution is -0.384. The molecule has 0 fully saturated rings. The first kappa shape index (κ1) is 17.6. The summed E-state index contributed by atoms with van der Waals surface area (Å²) in [5.41, 5.74) is -0.586. The fraction of sp³-hybridized carbons (Fsp3) is 0.467. The van der Waals surface area contributed by atoms with Crippen LogP contribution >= 0.6 is 0 Å². The summed E-state index contributed by atoms with van der Waals surface area (Å²) < 4.78 is 0. The quantitative estimate of drug-likeness (QED) is 0.411. The second-order valence-electron chi connectivity index (χ2n) is 5.01. The Morgan fingerprint density at radius 1 is 1.23 bits per heavy atom. The smallest absolute Gasteiger partial charge is 0.335 e. The van der Waals surface area contributed by atoms with E-state index in [1.165, 1.54) is 12.1 Å². The molecular formula is C15H20N2O5. The van der Waals surface area contributed by atoms with Crippen LogP contribution in [-0.2, 0) is 4.79 Å². The van der Waals surface area contributed by atoms with E-state index in [2.05, 4.69) is 12.2 Å². The van der Waals surface area contributed by atoms with E-state index in [1.54, 1.807) is 0 Å². The number of anilines is 1. The van der Waals surface area contributed by atoms with Gasteiger partial charge in [-0.15, -0.1) is 0 Å². The zero-order valence-electron chi connectivity index (χ0n) is 12.5. The Labute approximate surface area is 128 Å². The van der Waals surface area contributed by atoms with Gasteiger partial charge in [-0.2, -0.15) is 0 Å². The summed E-state index contributed by atoms with van der Waals surface area (Å²) in [6.07, 6.45) is 5.28. The van der Waals surface area contributed by atoms with Crippen LogP contribution in [0.15, 0.2) is 18.2 Å². The molecule has 0 radical (unpaired) electrons. The van der Waals surface area contributed by atoms with Crippen LogP contribution in [0.1, 0.15) is 55.8 Å². The van der Waals surface area contributed by atoms with Gasteiger partial charge in [0.1, 0.15) is 5.69 Å². The number of rotatable bonds is 9. The SMILES string of the molecule is CCCCCCCC(=O)Nc1ccc(C(=O)O)cc1[N+](=O)[O-]. The van der Waals surface area contributed by atoms with E-state index in [4.69, 9.17) is 5.11 Å². The molecule has 1 aromatic rings. The zero-order valence-corrected chi connectivity index (χ0v) is 12.5. The summed E-state index contributed by atoms with van der Waals surface area (Å²) in [6.45, 7) is 2.10. The van der Waals surface area contributed by atoms with Crippen molar-refractivity contribution in [3.05, 3.63) is 33.9 Å². The van der Waals surface area contributed by atoms with E-state index in [1.807, 2.05) is 0 Å². The van der Waals surface area contributed by atoms with Gasteiger partial charge in [-0.3, -0.25) is 14.9 Å². The molecule has 0 aliphatic carbocycles. The molecular weight excluding hydrogens is 288 g/mol. The molecule has 1 rings (SSSR count). The maximum Gasteiger partial charge on any atom is 0.335 e. The minimum atomic E-state index is -1.25. The average molecular weight is 308 g/mol. The lowest BCUT2D eigenvalue weighted by atomic mass is 10.1. The molecule has 7 nitrogen and oxygen atoms in total. The summed E-state index contributed by atoms with van der Waals surface area (Å²) in [7, 11) is 0. The first-order valence-corrected chi connectivity index (χ1v) is 7.27. The predicted molar refractivity (Wildman–Crippen MR) is 82.1 cm³/mol. The highest BCUT2D eigenvalue weighted by molar-refractivity contribution is 5.95. The van der Waals surface area contributed by atoms with Crippen LogP contribution in [0.5, 0.6) is 0 Å². The van der Waals surface area contributed by atoms with E-state index in [0.29, 0.717) is 6.42 Å². The van der Waals surface area contributed by atoms with Gasteiger partial charge in [-0.05, 0) is 18.6 Å². The molecule has 22 heavy (non-hydrogen) atoms. The molecule has 0 aliphatic heterocycles. The number of unbranched alkanes of at least 4 members (excludes halogenated alkanes) is 4. The standard InChI is InChI=1S/C15H20N2O5/c1-2-3-4-5-6-7-14(18)16-12-9-8-11(15(19)20)10-13(12)17(21)22/h8-10H,2-7H2,1H3,(H,16,18)(H,19,20). The average Bonchev–Trinajstić information content (AvgIpc) is 2.47. The molecule has 120 valence electrons. The largest absolute Gasteiger partial charge is 0.478 e. The van der Waals surface area contributed by atoms with Gasteiger partial charge in [0.15, 0.2) is 0 Å². The molecule has 2 N–H and O–H groups in total. The number of nitro groups is 1. The Balaban J connectivity index is 2.66. The fourth-order valence-corrected chi connectivity index (χ4v) is 2.02. The molecule has 0 aliphatic rings. The molecule has 1 aromatic carbocycles. The first-order valence-electron chi connectivity index (χ1n) is 7.27. The molecule has 0 saturated heterocycles. The number of aromatic carboxylic acids is 1. The molecule has 0 heterocycles. The highest BCUT2D eigenvalue weighted by atomic mass is 16.6. The summed E-state index contributed by atoms with van der Waals surface area (Å²) in [5.74, 6) is -1.56. The first-order chi connectivity index (χ1) is 10.5. The molecule has 0 unspecified atom stereocenters. The number of nitrogens with zero attached hydrogens (tertiary/aromatic N) is 1. The Morgan fingerprint density at radius 2 is 1.91 bits per heavy atom. The third-order valence-electron chi connectivity index (χ3n) is 3.22. The lowest BCUT2D eigenvalue weighted by Gasteiger charge is -2.07. The number of nitro benzene ring substituents is 1. The van der Waals surface area contributed by atoms with E-state index >= 15 is 0 Å².